The first-order valence-corrected chi connectivity index (χ1v) is 15.6. The first kappa shape index (κ1) is 39.4. The van der Waals surface area contributed by atoms with Gasteiger partial charge in [-0.05, 0) is 66.0 Å². The van der Waals surface area contributed by atoms with Crippen LogP contribution in [0.5, 0.6) is 28.7 Å². The van der Waals surface area contributed by atoms with Crippen LogP contribution in [0.1, 0.15) is 0 Å². The molecule has 240 valence electrons. The second-order valence-electron chi connectivity index (χ2n) is 9.48. The van der Waals surface area contributed by atoms with Gasteiger partial charge in [0.1, 0.15) is 33.5 Å². The molecule has 5 aromatic rings. The van der Waals surface area contributed by atoms with Gasteiger partial charge in [0.25, 0.3) is 20.2 Å². The second kappa shape index (κ2) is 15.7. The molecule has 0 aliphatic carbocycles. The van der Waals surface area contributed by atoms with Crippen molar-refractivity contribution in [1.82, 2.24) is 0 Å². The van der Waals surface area contributed by atoms with Gasteiger partial charge in [0.05, 0.1) is 27.3 Å². The predicted molar refractivity (Wildman–Crippen MR) is 159 cm³/mol. The van der Waals surface area contributed by atoms with Gasteiger partial charge in [-0.3, -0.25) is 9.11 Å². The SMILES string of the molecule is O=S(=O)(O)c1cc(N=Nc2ccc([O-])cc2O)c2c(O)c(N=Nc3cccc(N=Nc4ccc([O-])cc4O)c3)c(S(=O)(=O)O)cc2c1.[Na+].[Na+]. The number of hydrogen-bond acceptors (Lipinski definition) is 15. The van der Waals surface area contributed by atoms with Gasteiger partial charge in [-0.15, -0.1) is 32.0 Å². The smallest absolute Gasteiger partial charge is 0.872 e. The van der Waals surface area contributed by atoms with Crippen LogP contribution >= 0.6 is 0 Å². The van der Waals surface area contributed by atoms with Crippen molar-refractivity contribution in [3.63, 3.8) is 0 Å². The average Bonchev–Trinajstić information content (AvgIpc) is 2.98. The first-order valence-electron chi connectivity index (χ1n) is 12.7. The Morgan fingerprint density at radius 3 is 1.57 bits per heavy atom. The second-order valence-corrected chi connectivity index (χ2v) is 12.3. The summed E-state index contributed by atoms with van der Waals surface area (Å²) in [5.74, 6) is -2.92. The van der Waals surface area contributed by atoms with E-state index in [0.29, 0.717) is 0 Å². The average molecular weight is 725 g/mol. The number of phenols is 3. The summed E-state index contributed by atoms with van der Waals surface area (Å²) in [5.41, 5.74) is -1.29. The first-order chi connectivity index (χ1) is 22.1. The number of benzene rings is 5. The van der Waals surface area contributed by atoms with Gasteiger partial charge >= 0.3 is 59.1 Å². The number of fused-ring (bicyclic) bond motifs is 1. The maximum atomic E-state index is 12.3. The standard InChI is InChI=1S/C28H20N6O11S2.2Na/c35-17-4-6-20(23(37)11-17)31-29-15-2-1-3-16(10-15)30-34-27-25(47(43,44)45)9-14-8-19(46(40,41)42)13-22(26(14)28(27)39)33-32-21-7-5-18(36)12-24(21)38;;/h1-13,35-39H,(H,40,41,42)(H,43,44,45);;/q;2*+1/p-2. The van der Waals surface area contributed by atoms with Crippen LogP contribution in [-0.4, -0.2) is 41.3 Å². The number of aromatic hydroxyl groups is 3. The molecule has 5 N–H and O–H groups in total. The summed E-state index contributed by atoms with van der Waals surface area (Å²) in [5, 5.41) is 76.3. The van der Waals surface area contributed by atoms with Crippen LogP contribution in [0.3, 0.4) is 0 Å². The molecule has 0 heterocycles. The van der Waals surface area contributed by atoms with Crippen LogP contribution in [0.15, 0.2) is 119 Å². The Bertz CT molecular complexity index is 2390. The summed E-state index contributed by atoms with van der Waals surface area (Å²) in [6.45, 7) is 0. The van der Waals surface area contributed by atoms with E-state index in [2.05, 4.69) is 30.7 Å². The molecule has 0 unspecified atom stereocenters. The van der Waals surface area contributed by atoms with Gasteiger partial charge < -0.3 is 25.5 Å². The Balaban J connectivity index is 0.00000325. The summed E-state index contributed by atoms with van der Waals surface area (Å²) < 4.78 is 68.2. The summed E-state index contributed by atoms with van der Waals surface area (Å²) in [7, 11) is -10.1. The van der Waals surface area contributed by atoms with Crippen molar-refractivity contribution in [2.24, 2.45) is 30.7 Å². The van der Waals surface area contributed by atoms with E-state index in [1.54, 1.807) is 0 Å². The van der Waals surface area contributed by atoms with Gasteiger partial charge in [0, 0.05) is 0 Å². The van der Waals surface area contributed by atoms with Crippen LogP contribution in [0.2, 0.25) is 0 Å². The van der Waals surface area contributed by atoms with Crippen LogP contribution < -0.4 is 69.3 Å². The third-order valence-electron chi connectivity index (χ3n) is 6.21. The van der Waals surface area contributed by atoms with Crippen LogP contribution in [0.4, 0.5) is 34.1 Å². The Hall–Kier alpha value is -4.02. The summed E-state index contributed by atoms with van der Waals surface area (Å²) >= 11 is 0. The molecule has 0 fully saturated rings. The fourth-order valence-electron chi connectivity index (χ4n) is 4.08. The number of phenolic OH excluding ortho intramolecular Hbond substituents is 3. The van der Waals surface area contributed by atoms with Gasteiger partial charge in [-0.2, -0.15) is 27.1 Å². The zero-order valence-electron chi connectivity index (χ0n) is 25.2. The largest absolute Gasteiger partial charge is 1.00 e. The van der Waals surface area contributed by atoms with Crippen molar-refractivity contribution in [1.29, 1.82) is 0 Å². The Labute approximate surface area is 321 Å². The third-order valence-corrected chi connectivity index (χ3v) is 7.90. The zero-order chi connectivity index (χ0) is 34.1. The molecule has 0 bridgehead atoms. The molecule has 17 nitrogen and oxygen atoms in total. The predicted octanol–water partition coefficient (Wildman–Crippen LogP) is -0.149. The van der Waals surface area contributed by atoms with Crippen molar-refractivity contribution in [2.45, 2.75) is 9.79 Å². The van der Waals surface area contributed by atoms with Crippen molar-refractivity contribution < 1.29 is 111 Å². The summed E-state index contributed by atoms with van der Waals surface area (Å²) in [4.78, 5) is -1.80. The minimum Gasteiger partial charge on any atom is -0.872 e. The molecular weight excluding hydrogens is 706 g/mol. The molecule has 21 heteroatoms. The Morgan fingerprint density at radius 1 is 0.551 bits per heavy atom. The van der Waals surface area contributed by atoms with Crippen molar-refractivity contribution >= 4 is 65.1 Å². The van der Waals surface area contributed by atoms with E-state index >= 15 is 0 Å². The molecule has 5 rings (SSSR count). The van der Waals surface area contributed by atoms with Crippen molar-refractivity contribution in [2.75, 3.05) is 0 Å². The molecule has 0 atom stereocenters. The molecule has 0 saturated carbocycles. The molecule has 5 aromatic carbocycles. The van der Waals surface area contributed by atoms with E-state index in [1.807, 2.05) is 0 Å². The van der Waals surface area contributed by atoms with Crippen LogP contribution in [0, 0.1) is 0 Å². The van der Waals surface area contributed by atoms with E-state index in [0.717, 1.165) is 42.5 Å². The molecule has 0 saturated heterocycles. The summed E-state index contributed by atoms with van der Waals surface area (Å²) in [6, 6.07) is 14.4. The van der Waals surface area contributed by atoms with Gasteiger partial charge in [-0.25, -0.2) is 0 Å². The van der Waals surface area contributed by atoms with E-state index in [4.69, 9.17) is 0 Å². The van der Waals surface area contributed by atoms with Gasteiger partial charge in [0.15, 0.2) is 5.75 Å². The van der Waals surface area contributed by atoms with Gasteiger partial charge in [0.2, 0.25) is 0 Å². The minimum atomic E-state index is -5.15. The van der Waals surface area contributed by atoms with E-state index in [-0.39, 0.29) is 92.6 Å². The fourth-order valence-corrected chi connectivity index (χ4v) is 5.27. The molecule has 0 aromatic heterocycles. The van der Waals surface area contributed by atoms with Crippen LogP contribution in [0.25, 0.3) is 10.8 Å². The molecular formula is C28H18N6Na2O11S2. The van der Waals surface area contributed by atoms with Crippen LogP contribution in [-0.2, 0) is 20.2 Å². The van der Waals surface area contributed by atoms with E-state index in [9.17, 15) is 51.5 Å². The maximum Gasteiger partial charge on any atom is 1.00 e. The van der Waals surface area contributed by atoms with Crippen molar-refractivity contribution in [3.05, 3.63) is 78.9 Å². The molecule has 49 heavy (non-hydrogen) atoms. The summed E-state index contributed by atoms with van der Waals surface area (Å²) in [6.07, 6.45) is 0. The topological polar surface area (TPSA) is 290 Å². The number of rotatable bonds is 8. The van der Waals surface area contributed by atoms with Crippen molar-refractivity contribution in [3.8, 4) is 28.7 Å². The molecule has 0 amide bonds. The molecule has 0 radical (unpaired) electrons. The van der Waals surface area contributed by atoms with Gasteiger partial charge in [-0.1, -0.05) is 18.2 Å². The van der Waals surface area contributed by atoms with E-state index in [1.165, 1.54) is 36.4 Å². The Morgan fingerprint density at radius 2 is 1.06 bits per heavy atom. The zero-order valence-corrected chi connectivity index (χ0v) is 30.8. The quantitative estimate of drug-likeness (QED) is 0.0797. The number of nitrogens with zero attached hydrogens (tertiary/aromatic N) is 6. The minimum absolute atomic E-state index is 0. The third kappa shape index (κ3) is 9.36. The Kier molecular flexibility index (Phi) is 12.6. The normalized spacial score (nSPS) is 12.0. The number of azo groups is 3. The molecule has 0 aliphatic heterocycles. The maximum absolute atomic E-state index is 12.3. The van der Waals surface area contributed by atoms with E-state index < -0.39 is 70.1 Å². The monoisotopic (exact) mass is 724 g/mol. The molecule has 0 spiro atoms. The fraction of sp³-hybridized carbons (Fsp3) is 0. The molecule has 0 aliphatic rings. The number of hydrogen-bond donors (Lipinski definition) is 5.